The van der Waals surface area contributed by atoms with Crippen LogP contribution in [-0.4, -0.2) is 24.8 Å². The van der Waals surface area contributed by atoms with Gasteiger partial charge in [-0.25, -0.2) is 9.78 Å². The minimum Gasteiger partial charge on any atom is -0.469 e. The number of rotatable bonds is 5. The van der Waals surface area contributed by atoms with Gasteiger partial charge in [0.15, 0.2) is 0 Å². The molecular weight excluding hydrogens is 304 g/mol. The molecule has 1 aliphatic heterocycles. The van der Waals surface area contributed by atoms with Gasteiger partial charge in [-0.15, -0.1) is 0 Å². The molecular formula is C20H34O4. The Morgan fingerprint density at radius 3 is 2.62 bits per heavy atom. The molecule has 0 aromatic carbocycles. The van der Waals surface area contributed by atoms with E-state index in [1.165, 1.54) is 25.5 Å². The number of esters is 1. The van der Waals surface area contributed by atoms with E-state index < -0.39 is 0 Å². The minimum atomic E-state index is -0.295. The van der Waals surface area contributed by atoms with Gasteiger partial charge in [0.25, 0.3) is 0 Å². The molecule has 0 aromatic heterocycles. The number of carbonyl (C=O) groups is 1. The average molecular weight is 338 g/mol. The molecule has 24 heavy (non-hydrogen) atoms. The van der Waals surface area contributed by atoms with Crippen LogP contribution in [-0.2, 0) is 19.3 Å². The Hall–Kier alpha value is -0.870. The largest absolute Gasteiger partial charge is 0.469 e. The molecule has 0 unspecified atom stereocenters. The monoisotopic (exact) mass is 338 g/mol. The molecule has 0 amide bonds. The van der Waals surface area contributed by atoms with E-state index in [0.717, 1.165) is 32.1 Å². The highest BCUT2D eigenvalue weighted by atomic mass is 17.2. The number of ether oxygens (including phenoxy) is 1. The normalized spacial score (nSPS) is 34.6. The van der Waals surface area contributed by atoms with Crippen molar-refractivity contribution in [3.8, 4) is 0 Å². The van der Waals surface area contributed by atoms with Crippen LogP contribution in [0.1, 0.15) is 72.6 Å². The van der Waals surface area contributed by atoms with Crippen molar-refractivity contribution >= 4 is 5.97 Å². The third-order valence-corrected chi connectivity index (χ3v) is 6.18. The minimum absolute atomic E-state index is 0.216. The van der Waals surface area contributed by atoms with E-state index in [1.807, 2.05) is 6.92 Å². The van der Waals surface area contributed by atoms with Crippen LogP contribution in [0.4, 0.5) is 0 Å². The van der Waals surface area contributed by atoms with E-state index in [-0.39, 0.29) is 23.6 Å². The summed E-state index contributed by atoms with van der Waals surface area (Å²) in [5.41, 5.74) is 1.44. The maximum atomic E-state index is 11.6. The van der Waals surface area contributed by atoms with Crippen molar-refractivity contribution in [1.29, 1.82) is 0 Å². The van der Waals surface area contributed by atoms with Crippen LogP contribution in [0, 0.1) is 17.3 Å². The lowest BCUT2D eigenvalue weighted by atomic mass is 9.64. The summed E-state index contributed by atoms with van der Waals surface area (Å²) in [6, 6.07) is 0. The summed E-state index contributed by atoms with van der Waals surface area (Å²) in [7, 11) is 1.41. The Kier molecular flexibility index (Phi) is 6.14. The fourth-order valence-electron chi connectivity index (χ4n) is 4.27. The van der Waals surface area contributed by atoms with Gasteiger partial charge in [-0.3, -0.25) is 4.79 Å². The number of carbonyl (C=O) groups excluding carboxylic acids is 1. The van der Waals surface area contributed by atoms with Crippen molar-refractivity contribution in [3.05, 3.63) is 12.2 Å². The predicted molar refractivity (Wildman–Crippen MR) is 94.3 cm³/mol. The van der Waals surface area contributed by atoms with E-state index in [1.54, 1.807) is 0 Å². The van der Waals surface area contributed by atoms with Gasteiger partial charge in [0, 0.05) is 0 Å². The molecule has 2 aliphatic rings. The van der Waals surface area contributed by atoms with Crippen LogP contribution < -0.4 is 0 Å². The van der Waals surface area contributed by atoms with Gasteiger partial charge in [0.05, 0.1) is 13.0 Å². The first-order valence-corrected chi connectivity index (χ1v) is 9.28. The van der Waals surface area contributed by atoms with Gasteiger partial charge in [-0.1, -0.05) is 26.0 Å². The van der Waals surface area contributed by atoms with Crippen molar-refractivity contribution < 1.29 is 19.3 Å². The Bertz CT molecular complexity index is 460. The van der Waals surface area contributed by atoms with Gasteiger partial charge < -0.3 is 4.74 Å². The zero-order chi connectivity index (χ0) is 18.0. The topological polar surface area (TPSA) is 44.8 Å². The average Bonchev–Trinajstić information content (AvgIpc) is 2.53. The summed E-state index contributed by atoms with van der Waals surface area (Å²) in [4.78, 5) is 23.0. The fourth-order valence-corrected chi connectivity index (χ4v) is 4.27. The summed E-state index contributed by atoms with van der Waals surface area (Å²) in [6.45, 7) is 13.0. The third kappa shape index (κ3) is 4.40. The van der Waals surface area contributed by atoms with E-state index in [9.17, 15) is 4.79 Å². The van der Waals surface area contributed by atoms with Gasteiger partial charge in [0.1, 0.15) is 11.7 Å². The maximum Gasteiger partial charge on any atom is 0.311 e. The van der Waals surface area contributed by atoms with Crippen LogP contribution >= 0.6 is 0 Å². The second-order valence-corrected chi connectivity index (χ2v) is 8.61. The van der Waals surface area contributed by atoms with Gasteiger partial charge in [-0.2, -0.15) is 0 Å². The first-order valence-electron chi connectivity index (χ1n) is 9.28. The molecule has 0 N–H and O–H groups in total. The van der Waals surface area contributed by atoms with Crippen LogP contribution in [0.5, 0.6) is 0 Å². The van der Waals surface area contributed by atoms with Crippen LogP contribution in [0.2, 0.25) is 0 Å². The lowest BCUT2D eigenvalue weighted by molar-refractivity contribution is -0.411. The van der Waals surface area contributed by atoms with Gasteiger partial charge in [0.2, 0.25) is 0 Å². The molecule has 0 aromatic rings. The summed E-state index contributed by atoms with van der Waals surface area (Å²) < 4.78 is 4.79. The molecule has 0 bridgehead atoms. The number of hydrogen-bond acceptors (Lipinski definition) is 4. The molecule has 0 radical (unpaired) electrons. The molecule has 4 heteroatoms. The molecule has 4 nitrogen and oxygen atoms in total. The van der Waals surface area contributed by atoms with Gasteiger partial charge >= 0.3 is 5.97 Å². The first kappa shape index (κ1) is 19.5. The van der Waals surface area contributed by atoms with E-state index in [0.29, 0.717) is 11.3 Å². The van der Waals surface area contributed by atoms with E-state index in [4.69, 9.17) is 14.5 Å². The summed E-state index contributed by atoms with van der Waals surface area (Å²) in [6.07, 6.45) is 7.23. The predicted octanol–water partition coefficient (Wildman–Crippen LogP) is 4.83. The van der Waals surface area contributed by atoms with Crippen LogP contribution in [0.3, 0.4) is 0 Å². The number of methoxy groups -OCH3 is 1. The van der Waals surface area contributed by atoms with Gasteiger partial charge in [-0.05, 0) is 70.1 Å². The van der Waals surface area contributed by atoms with Crippen molar-refractivity contribution in [3.63, 3.8) is 0 Å². The van der Waals surface area contributed by atoms with Crippen molar-refractivity contribution in [2.45, 2.75) is 84.3 Å². The Labute approximate surface area is 146 Å². The number of hydrogen-bond donors (Lipinski definition) is 0. The smallest absolute Gasteiger partial charge is 0.311 e. The first-order chi connectivity index (χ1) is 11.2. The Morgan fingerprint density at radius 2 is 2.08 bits per heavy atom. The molecule has 2 rings (SSSR count). The Balaban J connectivity index is 1.87. The summed E-state index contributed by atoms with van der Waals surface area (Å²) >= 11 is 0. The van der Waals surface area contributed by atoms with Crippen molar-refractivity contribution in [1.82, 2.24) is 0 Å². The standard InChI is InChI=1S/C20H34O4/c1-14-8-7-11-19(3,4)16(14)9-12-20(5)13-10-17(23-24-20)15(2)18(21)22-6/h15-17H,1,7-13H2,2-6H3/t15-,16+,17-,20-/m1/s1. The van der Waals surface area contributed by atoms with E-state index in [2.05, 4.69) is 27.4 Å². The highest BCUT2D eigenvalue weighted by Gasteiger charge is 2.40. The van der Waals surface area contributed by atoms with E-state index >= 15 is 0 Å². The Morgan fingerprint density at radius 1 is 1.38 bits per heavy atom. The number of allylic oxidation sites excluding steroid dienone is 1. The molecule has 2 fully saturated rings. The van der Waals surface area contributed by atoms with Crippen molar-refractivity contribution in [2.24, 2.45) is 17.3 Å². The quantitative estimate of drug-likeness (QED) is 0.409. The van der Waals surface area contributed by atoms with Crippen molar-refractivity contribution in [2.75, 3.05) is 7.11 Å². The highest BCUT2D eigenvalue weighted by Crippen LogP contribution is 2.47. The van der Waals surface area contributed by atoms with Crippen LogP contribution in [0.15, 0.2) is 12.2 Å². The molecule has 4 atom stereocenters. The summed E-state index contributed by atoms with van der Waals surface area (Å²) in [5, 5.41) is 0. The third-order valence-electron chi connectivity index (χ3n) is 6.18. The molecule has 1 aliphatic carbocycles. The lowest BCUT2D eigenvalue weighted by Gasteiger charge is -2.43. The molecule has 1 saturated heterocycles. The molecule has 1 heterocycles. The molecule has 1 saturated carbocycles. The lowest BCUT2D eigenvalue weighted by Crippen LogP contribution is -2.42. The second kappa shape index (κ2) is 7.57. The maximum absolute atomic E-state index is 11.6. The SMILES string of the molecule is C=C1CCCC(C)(C)[C@H]1CC[C@]1(C)CC[C@H]([C@@H](C)C(=O)OC)OO1. The zero-order valence-electron chi connectivity index (χ0n) is 16.0. The zero-order valence-corrected chi connectivity index (χ0v) is 16.0. The summed E-state index contributed by atoms with van der Waals surface area (Å²) in [5.74, 6) is 0.0162. The molecule has 0 spiro atoms. The molecule has 138 valence electrons. The second-order valence-electron chi connectivity index (χ2n) is 8.61. The fraction of sp³-hybridized carbons (Fsp3) is 0.850. The van der Waals surface area contributed by atoms with Crippen LogP contribution in [0.25, 0.3) is 0 Å². The highest BCUT2D eigenvalue weighted by molar-refractivity contribution is 5.72.